The Balaban J connectivity index is 2.37. The lowest BCUT2D eigenvalue weighted by molar-refractivity contribution is 0.600. The minimum Gasteiger partial charge on any atom is -0.281 e. The number of sulfonamides is 1. The summed E-state index contributed by atoms with van der Waals surface area (Å²) in [6.07, 6.45) is 2.08. The van der Waals surface area contributed by atoms with Crippen LogP contribution in [-0.4, -0.2) is 18.6 Å². The zero-order chi connectivity index (χ0) is 13.2. The van der Waals surface area contributed by atoms with Crippen molar-refractivity contribution in [2.24, 2.45) is 0 Å². The lowest BCUT2D eigenvalue weighted by atomic mass is 10.1. The first kappa shape index (κ1) is 12.6. The minimum absolute atomic E-state index is 0.174. The Labute approximate surface area is 106 Å². The van der Waals surface area contributed by atoms with Crippen LogP contribution in [0.1, 0.15) is 18.2 Å². The van der Waals surface area contributed by atoms with Crippen molar-refractivity contribution >= 4 is 15.7 Å². The van der Waals surface area contributed by atoms with E-state index in [9.17, 15) is 8.42 Å². The molecule has 0 aliphatic heterocycles. The van der Waals surface area contributed by atoms with Crippen molar-refractivity contribution in [3.63, 3.8) is 0 Å². The Morgan fingerprint density at radius 3 is 2.67 bits per heavy atom. The molecule has 0 atom stereocenters. The average molecular weight is 265 g/mol. The molecule has 2 N–H and O–H groups in total. The molecule has 6 heteroatoms. The molecule has 0 fully saturated rings. The third kappa shape index (κ3) is 2.38. The fraction of sp³-hybridized carbons (Fsp3) is 0.250. The predicted octanol–water partition coefficient (Wildman–Crippen LogP) is 2.08. The van der Waals surface area contributed by atoms with Crippen LogP contribution in [0.25, 0.3) is 0 Å². The number of nitrogens with zero attached hydrogens (tertiary/aromatic N) is 1. The molecule has 1 aromatic carbocycles. The Morgan fingerprint density at radius 1 is 1.33 bits per heavy atom. The smallest absolute Gasteiger partial charge is 0.265 e. The van der Waals surface area contributed by atoms with Gasteiger partial charge >= 0.3 is 0 Å². The van der Waals surface area contributed by atoms with Crippen molar-refractivity contribution in [3.8, 4) is 0 Å². The Hall–Kier alpha value is -1.82. The zero-order valence-corrected chi connectivity index (χ0v) is 11.1. The van der Waals surface area contributed by atoms with Gasteiger partial charge in [-0.15, -0.1) is 0 Å². The first-order valence-electron chi connectivity index (χ1n) is 5.65. The van der Waals surface area contributed by atoms with Gasteiger partial charge in [0.05, 0.1) is 17.6 Å². The van der Waals surface area contributed by atoms with Crippen molar-refractivity contribution in [3.05, 3.63) is 41.7 Å². The van der Waals surface area contributed by atoms with Gasteiger partial charge < -0.3 is 0 Å². The van der Waals surface area contributed by atoms with Crippen LogP contribution in [-0.2, 0) is 16.4 Å². The fourth-order valence-corrected chi connectivity index (χ4v) is 2.98. The summed E-state index contributed by atoms with van der Waals surface area (Å²) in [4.78, 5) is 0.174. The largest absolute Gasteiger partial charge is 0.281 e. The maximum absolute atomic E-state index is 12.2. The molecule has 0 unspecified atom stereocenters. The Bertz CT molecular complexity index is 647. The van der Waals surface area contributed by atoms with E-state index in [2.05, 4.69) is 14.9 Å². The summed E-state index contributed by atoms with van der Waals surface area (Å²) in [7, 11) is -3.58. The van der Waals surface area contributed by atoms with Gasteiger partial charge in [0.1, 0.15) is 4.90 Å². The number of H-pyrrole nitrogens is 1. The number of para-hydroxylation sites is 1. The summed E-state index contributed by atoms with van der Waals surface area (Å²) < 4.78 is 27.0. The monoisotopic (exact) mass is 265 g/mol. The lowest BCUT2D eigenvalue weighted by Crippen LogP contribution is -2.14. The van der Waals surface area contributed by atoms with E-state index in [4.69, 9.17) is 0 Å². The number of hydrogen-bond donors (Lipinski definition) is 2. The second-order valence-electron chi connectivity index (χ2n) is 3.98. The molecule has 96 valence electrons. The first-order valence-corrected chi connectivity index (χ1v) is 7.13. The summed E-state index contributed by atoms with van der Waals surface area (Å²) in [6.45, 7) is 3.66. The number of aromatic nitrogens is 2. The molecule has 0 spiro atoms. The van der Waals surface area contributed by atoms with Gasteiger partial charge in [-0.1, -0.05) is 25.1 Å². The van der Waals surface area contributed by atoms with Crippen LogP contribution in [0.3, 0.4) is 0 Å². The topological polar surface area (TPSA) is 74.8 Å². The fourth-order valence-electron chi connectivity index (χ4n) is 1.74. The van der Waals surface area contributed by atoms with Gasteiger partial charge in [0.2, 0.25) is 0 Å². The SMILES string of the molecule is CCc1ccccc1NS(=O)(=O)c1cn[nH]c1C. The normalized spacial score (nSPS) is 11.4. The molecule has 5 nitrogen and oxygen atoms in total. The number of anilines is 1. The van der Waals surface area contributed by atoms with E-state index < -0.39 is 10.0 Å². The van der Waals surface area contributed by atoms with E-state index in [-0.39, 0.29) is 4.90 Å². The van der Waals surface area contributed by atoms with Gasteiger partial charge in [0.25, 0.3) is 10.0 Å². The van der Waals surface area contributed by atoms with E-state index in [1.165, 1.54) is 6.20 Å². The Kier molecular flexibility index (Phi) is 3.38. The molecule has 0 saturated heterocycles. The van der Waals surface area contributed by atoms with Gasteiger partial charge in [-0.2, -0.15) is 5.10 Å². The van der Waals surface area contributed by atoms with E-state index in [0.717, 1.165) is 12.0 Å². The average Bonchev–Trinajstić information content (AvgIpc) is 2.76. The first-order chi connectivity index (χ1) is 8.54. The number of benzene rings is 1. The van der Waals surface area contributed by atoms with Crippen LogP contribution in [0.4, 0.5) is 5.69 Å². The summed E-state index contributed by atoms with van der Waals surface area (Å²) >= 11 is 0. The van der Waals surface area contributed by atoms with Crippen LogP contribution in [0, 0.1) is 6.92 Å². The van der Waals surface area contributed by atoms with Crippen molar-refractivity contribution in [2.45, 2.75) is 25.2 Å². The highest BCUT2D eigenvalue weighted by Crippen LogP contribution is 2.21. The molecule has 0 saturated carbocycles. The summed E-state index contributed by atoms with van der Waals surface area (Å²) in [5.74, 6) is 0. The van der Waals surface area contributed by atoms with E-state index in [1.807, 2.05) is 19.1 Å². The summed E-state index contributed by atoms with van der Waals surface area (Å²) in [6, 6.07) is 7.35. The second-order valence-corrected chi connectivity index (χ2v) is 5.63. The maximum Gasteiger partial charge on any atom is 0.265 e. The van der Waals surface area contributed by atoms with Crippen LogP contribution in [0.5, 0.6) is 0 Å². The molecule has 0 radical (unpaired) electrons. The predicted molar refractivity (Wildman–Crippen MR) is 70.0 cm³/mol. The van der Waals surface area contributed by atoms with Crippen molar-refractivity contribution in [1.82, 2.24) is 10.2 Å². The molecule has 18 heavy (non-hydrogen) atoms. The molecule has 0 amide bonds. The van der Waals surface area contributed by atoms with Crippen molar-refractivity contribution in [1.29, 1.82) is 0 Å². The third-order valence-corrected chi connectivity index (χ3v) is 4.20. The standard InChI is InChI=1S/C12H15N3O2S/c1-3-10-6-4-5-7-11(10)15-18(16,17)12-8-13-14-9(12)2/h4-8,15H,3H2,1-2H3,(H,13,14). The van der Waals surface area contributed by atoms with E-state index in [0.29, 0.717) is 11.4 Å². The highest BCUT2D eigenvalue weighted by molar-refractivity contribution is 7.92. The number of rotatable bonds is 4. The quantitative estimate of drug-likeness (QED) is 0.888. The zero-order valence-electron chi connectivity index (χ0n) is 10.3. The molecule has 1 aromatic heterocycles. The lowest BCUT2D eigenvalue weighted by Gasteiger charge is -2.10. The minimum atomic E-state index is -3.58. The molecule has 0 bridgehead atoms. The van der Waals surface area contributed by atoms with Gasteiger partial charge in [-0.25, -0.2) is 8.42 Å². The van der Waals surface area contributed by atoms with Crippen molar-refractivity contribution in [2.75, 3.05) is 4.72 Å². The van der Waals surface area contributed by atoms with Gasteiger partial charge in [-0.05, 0) is 25.0 Å². The number of nitrogens with one attached hydrogen (secondary N) is 2. The van der Waals surface area contributed by atoms with Crippen molar-refractivity contribution < 1.29 is 8.42 Å². The van der Waals surface area contributed by atoms with Crippen LogP contribution in [0.15, 0.2) is 35.4 Å². The number of hydrogen-bond acceptors (Lipinski definition) is 3. The molecule has 1 heterocycles. The van der Waals surface area contributed by atoms with Crippen LogP contribution >= 0.6 is 0 Å². The molecular weight excluding hydrogens is 250 g/mol. The molecular formula is C12H15N3O2S. The Morgan fingerprint density at radius 2 is 2.06 bits per heavy atom. The number of aromatic amines is 1. The van der Waals surface area contributed by atoms with Gasteiger partial charge in [-0.3, -0.25) is 9.82 Å². The highest BCUT2D eigenvalue weighted by Gasteiger charge is 2.19. The van der Waals surface area contributed by atoms with Crippen LogP contribution < -0.4 is 4.72 Å². The van der Waals surface area contributed by atoms with Gasteiger partial charge in [0.15, 0.2) is 0 Å². The highest BCUT2D eigenvalue weighted by atomic mass is 32.2. The molecule has 2 rings (SSSR count). The summed E-state index contributed by atoms with van der Waals surface area (Å²) in [5, 5.41) is 6.35. The number of aryl methyl sites for hydroxylation is 2. The molecule has 2 aromatic rings. The maximum atomic E-state index is 12.2. The molecule has 0 aliphatic rings. The van der Waals surface area contributed by atoms with E-state index >= 15 is 0 Å². The van der Waals surface area contributed by atoms with Gasteiger partial charge in [0, 0.05) is 0 Å². The molecule has 0 aliphatic carbocycles. The van der Waals surface area contributed by atoms with E-state index in [1.54, 1.807) is 19.1 Å². The summed E-state index contributed by atoms with van der Waals surface area (Å²) in [5.41, 5.74) is 2.10. The van der Waals surface area contributed by atoms with Crippen LogP contribution in [0.2, 0.25) is 0 Å². The third-order valence-electron chi connectivity index (χ3n) is 2.72. The second kappa shape index (κ2) is 4.81.